The van der Waals surface area contributed by atoms with Crippen molar-refractivity contribution in [2.75, 3.05) is 13.7 Å². The van der Waals surface area contributed by atoms with Crippen LogP contribution in [0.15, 0.2) is 12.1 Å². The Morgan fingerprint density at radius 2 is 2.00 bits per heavy atom. The fourth-order valence-electron chi connectivity index (χ4n) is 2.26. The fraction of sp³-hybridized carbons (Fsp3) is 0.385. The standard InChI is InChI=1S/C13H12I3NO4/c1-21-13(20)10-4-7(18)5-17(10)12(19)8-2-6(14)3-9(15)11(8)16/h2-3,7,10,18H,4-5H2,1H3. The highest BCUT2D eigenvalue weighted by Crippen LogP contribution is 2.27. The smallest absolute Gasteiger partial charge is 0.328 e. The van der Waals surface area contributed by atoms with Crippen molar-refractivity contribution in [1.29, 1.82) is 0 Å². The van der Waals surface area contributed by atoms with Crippen LogP contribution < -0.4 is 0 Å². The van der Waals surface area contributed by atoms with Gasteiger partial charge in [-0.05, 0) is 79.9 Å². The number of nitrogens with zero attached hydrogens (tertiary/aromatic N) is 1. The molecule has 0 radical (unpaired) electrons. The third-order valence-electron chi connectivity index (χ3n) is 3.24. The third-order valence-corrected chi connectivity index (χ3v) is 6.90. The summed E-state index contributed by atoms with van der Waals surface area (Å²) in [7, 11) is 1.29. The average molecular weight is 627 g/mol. The maximum atomic E-state index is 12.7. The van der Waals surface area contributed by atoms with E-state index in [0.717, 1.165) is 10.7 Å². The summed E-state index contributed by atoms with van der Waals surface area (Å²) in [4.78, 5) is 25.9. The van der Waals surface area contributed by atoms with Crippen LogP contribution in [0.25, 0.3) is 0 Å². The van der Waals surface area contributed by atoms with Gasteiger partial charge in [0, 0.05) is 23.7 Å². The van der Waals surface area contributed by atoms with E-state index >= 15 is 0 Å². The van der Waals surface area contributed by atoms with Crippen molar-refractivity contribution in [1.82, 2.24) is 4.90 Å². The Morgan fingerprint density at radius 1 is 1.33 bits per heavy atom. The molecule has 1 aliphatic rings. The van der Waals surface area contributed by atoms with Gasteiger partial charge < -0.3 is 14.7 Å². The summed E-state index contributed by atoms with van der Waals surface area (Å²) in [5.74, 6) is -0.738. The first kappa shape index (κ1) is 17.7. The molecule has 1 aliphatic heterocycles. The summed E-state index contributed by atoms with van der Waals surface area (Å²) in [6.45, 7) is 0.150. The molecule has 1 amide bonds. The molecule has 1 heterocycles. The minimum Gasteiger partial charge on any atom is -0.467 e. The van der Waals surface area contributed by atoms with E-state index in [1.165, 1.54) is 12.0 Å². The first-order valence-electron chi connectivity index (χ1n) is 6.06. The van der Waals surface area contributed by atoms with Gasteiger partial charge in [0.15, 0.2) is 0 Å². The molecule has 5 nitrogen and oxygen atoms in total. The van der Waals surface area contributed by atoms with E-state index in [2.05, 4.69) is 67.8 Å². The Bertz CT molecular complexity index is 593. The van der Waals surface area contributed by atoms with Crippen molar-refractivity contribution in [3.63, 3.8) is 0 Å². The highest BCUT2D eigenvalue weighted by molar-refractivity contribution is 14.1. The molecule has 2 atom stereocenters. The molecule has 1 N–H and O–H groups in total. The number of rotatable bonds is 2. The summed E-state index contributed by atoms with van der Waals surface area (Å²) in [6.07, 6.45) is -0.478. The van der Waals surface area contributed by atoms with Crippen molar-refractivity contribution >= 4 is 79.6 Å². The number of esters is 1. The number of ether oxygens (including phenoxy) is 1. The van der Waals surface area contributed by atoms with Gasteiger partial charge in [0.2, 0.25) is 0 Å². The molecular weight excluding hydrogens is 615 g/mol. The number of carbonyl (C=O) groups excluding carboxylic acids is 2. The minimum absolute atomic E-state index is 0.150. The van der Waals surface area contributed by atoms with Crippen LogP contribution in [0, 0.1) is 10.7 Å². The maximum Gasteiger partial charge on any atom is 0.328 e. The highest BCUT2D eigenvalue weighted by Gasteiger charge is 2.40. The van der Waals surface area contributed by atoms with Crippen molar-refractivity contribution in [2.24, 2.45) is 0 Å². The fourth-order valence-corrected chi connectivity index (χ4v) is 4.65. The third kappa shape index (κ3) is 3.80. The second kappa shape index (κ2) is 7.25. The molecule has 0 spiro atoms. The molecule has 2 rings (SSSR count). The van der Waals surface area contributed by atoms with Crippen LogP contribution in [0.4, 0.5) is 0 Å². The van der Waals surface area contributed by atoms with Crippen LogP contribution in [0.2, 0.25) is 0 Å². The summed E-state index contributed by atoms with van der Waals surface area (Å²) >= 11 is 6.46. The summed E-state index contributed by atoms with van der Waals surface area (Å²) in [5, 5.41) is 9.78. The van der Waals surface area contributed by atoms with E-state index in [-0.39, 0.29) is 18.9 Å². The van der Waals surface area contributed by atoms with Crippen LogP contribution in [-0.4, -0.2) is 47.7 Å². The number of methoxy groups -OCH3 is 1. The van der Waals surface area contributed by atoms with Gasteiger partial charge >= 0.3 is 5.97 Å². The molecule has 0 aromatic heterocycles. The number of carbonyl (C=O) groups is 2. The average Bonchev–Trinajstić information content (AvgIpc) is 2.83. The van der Waals surface area contributed by atoms with Gasteiger partial charge in [-0.25, -0.2) is 4.79 Å². The number of hydrogen-bond donors (Lipinski definition) is 1. The van der Waals surface area contributed by atoms with E-state index in [1.807, 2.05) is 6.07 Å². The predicted octanol–water partition coefficient (Wildman–Crippen LogP) is 2.25. The Morgan fingerprint density at radius 3 is 2.62 bits per heavy atom. The Kier molecular flexibility index (Phi) is 6.10. The van der Waals surface area contributed by atoms with Gasteiger partial charge in [-0.2, -0.15) is 0 Å². The maximum absolute atomic E-state index is 12.7. The molecule has 8 heteroatoms. The van der Waals surface area contributed by atoms with Crippen molar-refractivity contribution in [3.8, 4) is 0 Å². The highest BCUT2D eigenvalue weighted by atomic mass is 127. The second-order valence-electron chi connectivity index (χ2n) is 4.64. The van der Waals surface area contributed by atoms with E-state index in [4.69, 9.17) is 4.74 Å². The summed E-state index contributed by atoms with van der Waals surface area (Å²) in [6, 6.07) is 3.06. The normalized spacial score (nSPS) is 21.5. The Hall–Kier alpha value is 0.310. The molecule has 21 heavy (non-hydrogen) atoms. The van der Waals surface area contributed by atoms with Gasteiger partial charge in [0.05, 0.1) is 18.8 Å². The van der Waals surface area contributed by atoms with Crippen LogP contribution in [0.3, 0.4) is 0 Å². The van der Waals surface area contributed by atoms with Gasteiger partial charge in [-0.15, -0.1) is 0 Å². The van der Waals surface area contributed by atoms with Gasteiger partial charge in [0.1, 0.15) is 6.04 Å². The number of halogens is 3. The van der Waals surface area contributed by atoms with Crippen molar-refractivity contribution in [3.05, 3.63) is 28.4 Å². The zero-order valence-corrected chi connectivity index (χ0v) is 17.4. The number of hydrogen-bond acceptors (Lipinski definition) is 4. The predicted molar refractivity (Wildman–Crippen MR) is 102 cm³/mol. The largest absolute Gasteiger partial charge is 0.467 e. The van der Waals surface area contributed by atoms with Crippen molar-refractivity contribution < 1.29 is 19.4 Å². The number of amides is 1. The molecule has 1 aromatic carbocycles. The first-order valence-corrected chi connectivity index (χ1v) is 9.30. The van der Waals surface area contributed by atoms with Crippen LogP contribution >= 0.6 is 67.8 Å². The number of aliphatic hydroxyl groups is 1. The molecule has 0 aliphatic carbocycles. The van der Waals surface area contributed by atoms with Gasteiger partial charge in [0.25, 0.3) is 5.91 Å². The topological polar surface area (TPSA) is 66.8 Å². The Balaban J connectivity index is 2.37. The molecule has 1 fully saturated rings. The van der Waals surface area contributed by atoms with E-state index in [1.54, 1.807) is 6.07 Å². The first-order chi connectivity index (χ1) is 9.85. The number of likely N-dealkylation sites (tertiary alicyclic amines) is 1. The minimum atomic E-state index is -0.719. The number of benzene rings is 1. The second-order valence-corrected chi connectivity index (χ2v) is 8.12. The van der Waals surface area contributed by atoms with Crippen LogP contribution in [-0.2, 0) is 9.53 Å². The van der Waals surface area contributed by atoms with Crippen LogP contribution in [0.1, 0.15) is 16.8 Å². The lowest BCUT2D eigenvalue weighted by Crippen LogP contribution is -2.41. The molecule has 0 saturated carbocycles. The SMILES string of the molecule is COC(=O)C1CC(O)CN1C(=O)c1cc(I)cc(I)c1I. The molecule has 1 saturated heterocycles. The zero-order valence-electron chi connectivity index (χ0n) is 11.0. The van der Waals surface area contributed by atoms with Crippen LogP contribution in [0.5, 0.6) is 0 Å². The van der Waals surface area contributed by atoms with E-state index < -0.39 is 18.1 Å². The molecule has 1 aromatic rings. The van der Waals surface area contributed by atoms with Gasteiger partial charge in [-0.3, -0.25) is 4.79 Å². The lowest BCUT2D eigenvalue weighted by Gasteiger charge is -2.23. The number of aliphatic hydroxyl groups excluding tert-OH is 1. The Labute approximate surface area is 163 Å². The van der Waals surface area contributed by atoms with Crippen molar-refractivity contribution in [2.45, 2.75) is 18.6 Å². The molecular formula is C13H12I3NO4. The summed E-state index contributed by atoms with van der Waals surface area (Å²) in [5.41, 5.74) is 0.551. The van der Waals surface area contributed by atoms with Gasteiger partial charge in [-0.1, -0.05) is 0 Å². The quantitative estimate of drug-likeness (QED) is 0.311. The molecule has 2 unspecified atom stereocenters. The lowest BCUT2D eigenvalue weighted by atomic mass is 10.1. The molecule has 0 bridgehead atoms. The summed E-state index contributed by atoms with van der Waals surface area (Å²) < 4.78 is 7.52. The lowest BCUT2D eigenvalue weighted by molar-refractivity contribution is -0.145. The monoisotopic (exact) mass is 627 g/mol. The molecule has 114 valence electrons. The zero-order chi connectivity index (χ0) is 15.7. The van der Waals surface area contributed by atoms with E-state index in [9.17, 15) is 14.7 Å². The van der Waals surface area contributed by atoms with E-state index in [0.29, 0.717) is 5.56 Å². The number of β-amino-alcohol motifs (C(OH)–C–C–N with tert-alkyl or cyclic N) is 1.